The van der Waals surface area contributed by atoms with E-state index in [0.29, 0.717) is 30.4 Å². The van der Waals surface area contributed by atoms with Crippen molar-refractivity contribution in [2.24, 2.45) is 5.73 Å². The Morgan fingerprint density at radius 3 is 2.47 bits per heavy atom. The number of hydrogen-bond donors (Lipinski definition) is 4. The van der Waals surface area contributed by atoms with E-state index >= 15 is 0 Å². The monoisotopic (exact) mass is 266 g/mol. The Balaban J connectivity index is 2.82. The predicted molar refractivity (Wildman–Crippen MR) is 72.8 cm³/mol. The fraction of sp³-hybridized carbons (Fsp3) is 0.333. The van der Waals surface area contributed by atoms with Crippen molar-refractivity contribution in [3.05, 3.63) is 18.2 Å². The van der Waals surface area contributed by atoms with Gasteiger partial charge in [0.2, 0.25) is 5.96 Å². The summed E-state index contributed by atoms with van der Waals surface area (Å²) in [6, 6.07) is 4.33. The van der Waals surface area contributed by atoms with Crippen molar-refractivity contribution in [3.8, 4) is 11.5 Å². The molecule has 0 fully saturated rings. The van der Waals surface area contributed by atoms with E-state index in [1.165, 1.54) is 0 Å². The van der Waals surface area contributed by atoms with Crippen LogP contribution < -0.4 is 25.8 Å². The zero-order valence-electron chi connectivity index (χ0n) is 10.9. The lowest BCUT2D eigenvalue weighted by atomic mass is 10.2. The number of nitrogens with two attached hydrogens (primary N) is 1. The summed E-state index contributed by atoms with van der Waals surface area (Å²) < 4.78 is 10.9. The molecule has 5 N–H and O–H groups in total. The van der Waals surface area contributed by atoms with Crippen molar-refractivity contribution >= 4 is 17.7 Å². The molecule has 2 amide bonds. The van der Waals surface area contributed by atoms with E-state index in [-0.39, 0.29) is 5.96 Å². The van der Waals surface area contributed by atoms with Gasteiger partial charge in [-0.05, 0) is 26.0 Å². The van der Waals surface area contributed by atoms with Gasteiger partial charge in [0.15, 0.2) is 11.5 Å². The summed E-state index contributed by atoms with van der Waals surface area (Å²) in [5.74, 6) is 0.990. The SMILES string of the molecule is CCOc1ccc(NC(=N)NC(N)=O)cc1OCC. The second kappa shape index (κ2) is 7.10. The number of ether oxygens (including phenoxy) is 2. The molecule has 1 aromatic carbocycles. The lowest BCUT2D eigenvalue weighted by Crippen LogP contribution is -2.38. The number of nitrogens with one attached hydrogen (secondary N) is 3. The van der Waals surface area contributed by atoms with Crippen molar-refractivity contribution in [1.29, 1.82) is 5.41 Å². The minimum atomic E-state index is -0.798. The van der Waals surface area contributed by atoms with Crippen LogP contribution in [0.25, 0.3) is 0 Å². The summed E-state index contributed by atoms with van der Waals surface area (Å²) >= 11 is 0. The summed E-state index contributed by atoms with van der Waals surface area (Å²) in [5.41, 5.74) is 5.50. The van der Waals surface area contributed by atoms with E-state index in [1.54, 1.807) is 18.2 Å². The molecule has 0 radical (unpaired) electrons. The zero-order chi connectivity index (χ0) is 14.3. The lowest BCUT2D eigenvalue weighted by Gasteiger charge is -2.13. The molecule has 0 aliphatic carbocycles. The van der Waals surface area contributed by atoms with Crippen LogP contribution in [0.1, 0.15) is 13.8 Å². The van der Waals surface area contributed by atoms with Crippen LogP contribution in [0.4, 0.5) is 10.5 Å². The van der Waals surface area contributed by atoms with Crippen LogP contribution >= 0.6 is 0 Å². The summed E-state index contributed by atoms with van der Waals surface area (Å²) in [6.07, 6.45) is 0. The normalized spacial score (nSPS) is 9.58. The lowest BCUT2D eigenvalue weighted by molar-refractivity contribution is 0.253. The summed E-state index contributed by atoms with van der Waals surface area (Å²) in [4.78, 5) is 10.6. The fourth-order valence-electron chi connectivity index (χ4n) is 1.43. The number of rotatable bonds is 5. The van der Waals surface area contributed by atoms with Gasteiger partial charge in [0.25, 0.3) is 0 Å². The number of amides is 2. The van der Waals surface area contributed by atoms with Crippen molar-refractivity contribution in [1.82, 2.24) is 5.32 Å². The highest BCUT2D eigenvalue weighted by atomic mass is 16.5. The number of anilines is 1. The van der Waals surface area contributed by atoms with E-state index in [2.05, 4.69) is 10.6 Å². The minimum absolute atomic E-state index is 0.209. The molecule has 0 saturated heterocycles. The van der Waals surface area contributed by atoms with Crippen molar-refractivity contribution in [2.75, 3.05) is 18.5 Å². The Morgan fingerprint density at radius 1 is 1.26 bits per heavy atom. The van der Waals surface area contributed by atoms with Gasteiger partial charge in [-0.15, -0.1) is 0 Å². The largest absolute Gasteiger partial charge is 0.490 e. The summed E-state index contributed by atoms with van der Waals surface area (Å²) in [5, 5.41) is 12.3. The number of urea groups is 1. The van der Waals surface area contributed by atoms with E-state index in [9.17, 15) is 4.79 Å². The van der Waals surface area contributed by atoms with Crippen molar-refractivity contribution < 1.29 is 14.3 Å². The molecule has 0 bridgehead atoms. The van der Waals surface area contributed by atoms with Gasteiger partial charge < -0.3 is 20.5 Å². The Kier molecular flexibility index (Phi) is 5.46. The maximum Gasteiger partial charge on any atom is 0.318 e. The number of primary amides is 1. The molecular formula is C12H18N4O3. The van der Waals surface area contributed by atoms with Gasteiger partial charge in [-0.1, -0.05) is 0 Å². The average Bonchev–Trinajstić information content (AvgIpc) is 2.32. The first kappa shape index (κ1) is 14.6. The van der Waals surface area contributed by atoms with Crippen LogP contribution in [0.3, 0.4) is 0 Å². The number of carbonyl (C=O) groups is 1. The molecule has 0 aliphatic rings. The molecule has 7 heteroatoms. The molecule has 0 aromatic heterocycles. The van der Waals surface area contributed by atoms with Gasteiger partial charge in [0, 0.05) is 11.8 Å². The Morgan fingerprint density at radius 2 is 1.89 bits per heavy atom. The van der Waals surface area contributed by atoms with Gasteiger partial charge in [0.1, 0.15) is 0 Å². The molecular weight excluding hydrogens is 248 g/mol. The first-order chi connectivity index (χ1) is 9.06. The Labute approximate surface area is 111 Å². The molecule has 0 spiro atoms. The molecule has 0 atom stereocenters. The van der Waals surface area contributed by atoms with Crippen LogP contribution in [0, 0.1) is 5.41 Å². The topological polar surface area (TPSA) is 109 Å². The van der Waals surface area contributed by atoms with Crippen molar-refractivity contribution in [2.45, 2.75) is 13.8 Å². The molecule has 0 unspecified atom stereocenters. The first-order valence-corrected chi connectivity index (χ1v) is 5.88. The molecule has 0 saturated carbocycles. The van der Waals surface area contributed by atoms with E-state index < -0.39 is 6.03 Å². The van der Waals surface area contributed by atoms with Crippen LogP contribution in [0.15, 0.2) is 18.2 Å². The minimum Gasteiger partial charge on any atom is -0.490 e. The van der Waals surface area contributed by atoms with Gasteiger partial charge >= 0.3 is 6.03 Å². The van der Waals surface area contributed by atoms with Crippen molar-refractivity contribution in [3.63, 3.8) is 0 Å². The average molecular weight is 266 g/mol. The third-order valence-electron chi connectivity index (χ3n) is 2.06. The number of carbonyl (C=O) groups excluding carboxylic acids is 1. The maximum absolute atomic E-state index is 10.6. The summed E-state index contributed by atoms with van der Waals surface area (Å²) in [6.45, 7) is 4.78. The number of guanidine groups is 1. The van der Waals surface area contributed by atoms with Gasteiger partial charge in [-0.3, -0.25) is 10.7 Å². The Hall–Kier alpha value is -2.44. The highest BCUT2D eigenvalue weighted by Crippen LogP contribution is 2.30. The van der Waals surface area contributed by atoms with E-state index in [4.69, 9.17) is 20.6 Å². The highest BCUT2D eigenvalue weighted by Gasteiger charge is 2.07. The zero-order valence-corrected chi connectivity index (χ0v) is 10.9. The number of benzene rings is 1. The van der Waals surface area contributed by atoms with Gasteiger partial charge in [-0.25, -0.2) is 4.79 Å². The van der Waals surface area contributed by atoms with Gasteiger partial charge in [-0.2, -0.15) is 0 Å². The maximum atomic E-state index is 10.6. The molecule has 19 heavy (non-hydrogen) atoms. The van der Waals surface area contributed by atoms with Crippen LogP contribution in [0.2, 0.25) is 0 Å². The fourth-order valence-corrected chi connectivity index (χ4v) is 1.43. The quantitative estimate of drug-likeness (QED) is 0.478. The number of hydrogen-bond acceptors (Lipinski definition) is 4. The van der Waals surface area contributed by atoms with Crippen LogP contribution in [-0.2, 0) is 0 Å². The van der Waals surface area contributed by atoms with E-state index in [0.717, 1.165) is 0 Å². The van der Waals surface area contributed by atoms with Crippen LogP contribution in [0.5, 0.6) is 11.5 Å². The van der Waals surface area contributed by atoms with Crippen LogP contribution in [-0.4, -0.2) is 25.2 Å². The first-order valence-electron chi connectivity index (χ1n) is 5.88. The molecule has 0 aliphatic heterocycles. The molecule has 0 heterocycles. The third-order valence-corrected chi connectivity index (χ3v) is 2.06. The summed E-state index contributed by atoms with van der Waals surface area (Å²) in [7, 11) is 0. The second-order valence-electron chi connectivity index (χ2n) is 3.52. The molecule has 1 aromatic rings. The second-order valence-corrected chi connectivity index (χ2v) is 3.52. The van der Waals surface area contributed by atoms with E-state index in [1.807, 2.05) is 13.8 Å². The Bertz CT molecular complexity index is 462. The van der Waals surface area contributed by atoms with Gasteiger partial charge in [0.05, 0.1) is 13.2 Å². The smallest absolute Gasteiger partial charge is 0.318 e. The highest BCUT2D eigenvalue weighted by molar-refractivity contribution is 6.01. The molecule has 7 nitrogen and oxygen atoms in total. The predicted octanol–water partition coefficient (Wildman–Crippen LogP) is 1.50. The molecule has 104 valence electrons. The molecule has 1 rings (SSSR count). The third kappa shape index (κ3) is 4.74. The standard InChI is InChI=1S/C12H18N4O3/c1-3-18-9-6-5-8(7-10(9)19-4-2)15-11(13)16-12(14)17/h5-7H,3-4H2,1-2H3,(H5,13,14,15,16,17).